The predicted molar refractivity (Wildman–Crippen MR) is 96.7 cm³/mol. The molecule has 2 rings (SSSR count). The van der Waals surface area contributed by atoms with Crippen LogP contribution in [0.4, 0.5) is 11.4 Å². The molecular formula is C19H25N3O. The zero-order chi connectivity index (χ0) is 16.7. The highest BCUT2D eigenvalue weighted by Gasteiger charge is 2.09. The second-order valence-corrected chi connectivity index (χ2v) is 5.73. The number of amides is 1. The van der Waals surface area contributed by atoms with E-state index in [1.54, 1.807) is 12.1 Å². The summed E-state index contributed by atoms with van der Waals surface area (Å²) < 4.78 is 0. The van der Waals surface area contributed by atoms with Gasteiger partial charge in [0.2, 0.25) is 0 Å². The summed E-state index contributed by atoms with van der Waals surface area (Å²) in [7, 11) is 0. The maximum atomic E-state index is 11.8. The molecule has 0 aliphatic carbocycles. The van der Waals surface area contributed by atoms with Crippen molar-refractivity contribution in [2.45, 2.75) is 32.7 Å². The van der Waals surface area contributed by atoms with E-state index < -0.39 is 0 Å². The summed E-state index contributed by atoms with van der Waals surface area (Å²) >= 11 is 0. The highest BCUT2D eigenvalue weighted by molar-refractivity contribution is 5.96. The number of nitrogens with two attached hydrogens (primary N) is 1. The summed E-state index contributed by atoms with van der Waals surface area (Å²) in [5.74, 6) is -0.0946. The molecule has 122 valence electrons. The molecule has 0 unspecified atom stereocenters. The topological polar surface area (TPSA) is 67.2 Å². The zero-order valence-electron chi connectivity index (χ0n) is 13.8. The summed E-state index contributed by atoms with van der Waals surface area (Å²) in [5.41, 5.74) is 9.46. The Morgan fingerprint density at radius 3 is 2.57 bits per heavy atom. The minimum absolute atomic E-state index is 0.0946. The SMILES string of the molecule is CCNC(=O)c1ccc(N[C@@H](C)CCc2ccccc2)c(N)c1. The van der Waals surface area contributed by atoms with Gasteiger partial charge in [0, 0.05) is 18.2 Å². The highest BCUT2D eigenvalue weighted by Crippen LogP contribution is 2.21. The molecule has 0 saturated carbocycles. The Balaban J connectivity index is 1.93. The van der Waals surface area contributed by atoms with E-state index in [9.17, 15) is 4.79 Å². The number of carbonyl (C=O) groups is 1. The lowest BCUT2D eigenvalue weighted by atomic mass is 10.1. The average molecular weight is 311 g/mol. The van der Waals surface area contributed by atoms with Crippen LogP contribution >= 0.6 is 0 Å². The normalized spacial score (nSPS) is 11.7. The van der Waals surface area contributed by atoms with E-state index in [0.717, 1.165) is 18.5 Å². The lowest BCUT2D eigenvalue weighted by Gasteiger charge is -2.17. The monoisotopic (exact) mass is 311 g/mol. The number of rotatable bonds is 7. The Morgan fingerprint density at radius 2 is 1.91 bits per heavy atom. The Hall–Kier alpha value is -2.49. The molecule has 0 fully saturated rings. The number of benzene rings is 2. The zero-order valence-corrected chi connectivity index (χ0v) is 13.8. The minimum Gasteiger partial charge on any atom is -0.397 e. The summed E-state index contributed by atoms with van der Waals surface area (Å²) in [6, 6.07) is 16.1. The molecule has 2 aromatic rings. The van der Waals surface area contributed by atoms with Gasteiger partial charge in [-0.05, 0) is 50.5 Å². The van der Waals surface area contributed by atoms with Gasteiger partial charge in [-0.3, -0.25) is 4.79 Å². The molecule has 0 aromatic heterocycles. The second-order valence-electron chi connectivity index (χ2n) is 5.73. The Bertz CT molecular complexity index is 640. The van der Waals surface area contributed by atoms with Crippen molar-refractivity contribution in [1.82, 2.24) is 5.32 Å². The molecule has 0 heterocycles. The summed E-state index contributed by atoms with van der Waals surface area (Å²) in [6.07, 6.45) is 2.04. The summed E-state index contributed by atoms with van der Waals surface area (Å²) in [4.78, 5) is 11.8. The third kappa shape index (κ3) is 5.02. The van der Waals surface area contributed by atoms with Crippen molar-refractivity contribution in [3.63, 3.8) is 0 Å². The first-order valence-corrected chi connectivity index (χ1v) is 8.08. The molecule has 4 N–H and O–H groups in total. The fourth-order valence-electron chi connectivity index (χ4n) is 2.46. The number of hydrogen-bond acceptors (Lipinski definition) is 3. The third-order valence-electron chi connectivity index (χ3n) is 3.76. The van der Waals surface area contributed by atoms with Crippen LogP contribution in [0.25, 0.3) is 0 Å². The molecule has 0 saturated heterocycles. The Labute approximate surface area is 138 Å². The Kier molecular flexibility index (Phi) is 6.03. The molecule has 0 radical (unpaired) electrons. The molecule has 0 spiro atoms. The summed E-state index contributed by atoms with van der Waals surface area (Å²) in [5, 5.41) is 6.19. The molecule has 4 nitrogen and oxygen atoms in total. The maximum Gasteiger partial charge on any atom is 0.251 e. The molecule has 4 heteroatoms. The molecule has 1 amide bonds. The van der Waals surface area contributed by atoms with Crippen molar-refractivity contribution in [3.8, 4) is 0 Å². The number of aryl methyl sites for hydroxylation is 1. The van der Waals surface area contributed by atoms with Gasteiger partial charge in [-0.2, -0.15) is 0 Å². The van der Waals surface area contributed by atoms with Crippen LogP contribution in [-0.4, -0.2) is 18.5 Å². The summed E-state index contributed by atoms with van der Waals surface area (Å²) in [6.45, 7) is 4.64. The van der Waals surface area contributed by atoms with E-state index >= 15 is 0 Å². The van der Waals surface area contributed by atoms with Crippen LogP contribution in [0.1, 0.15) is 36.2 Å². The molecule has 0 aliphatic rings. The van der Waals surface area contributed by atoms with Crippen molar-refractivity contribution >= 4 is 17.3 Å². The largest absolute Gasteiger partial charge is 0.397 e. The minimum atomic E-state index is -0.0946. The van der Waals surface area contributed by atoms with E-state index in [1.165, 1.54) is 5.56 Å². The van der Waals surface area contributed by atoms with E-state index in [0.29, 0.717) is 23.8 Å². The van der Waals surface area contributed by atoms with Crippen molar-refractivity contribution in [2.75, 3.05) is 17.6 Å². The smallest absolute Gasteiger partial charge is 0.251 e. The van der Waals surface area contributed by atoms with Gasteiger partial charge in [-0.1, -0.05) is 30.3 Å². The van der Waals surface area contributed by atoms with Crippen LogP contribution in [0, 0.1) is 0 Å². The van der Waals surface area contributed by atoms with Crippen LogP contribution in [0.15, 0.2) is 48.5 Å². The van der Waals surface area contributed by atoms with Gasteiger partial charge in [0.15, 0.2) is 0 Å². The number of nitrogen functional groups attached to an aromatic ring is 1. The van der Waals surface area contributed by atoms with Crippen LogP contribution < -0.4 is 16.4 Å². The van der Waals surface area contributed by atoms with Gasteiger partial charge in [0.25, 0.3) is 5.91 Å². The average Bonchev–Trinajstić information content (AvgIpc) is 2.56. The lowest BCUT2D eigenvalue weighted by molar-refractivity contribution is 0.0956. The first kappa shape index (κ1) is 16.9. The molecule has 23 heavy (non-hydrogen) atoms. The van der Waals surface area contributed by atoms with Gasteiger partial charge < -0.3 is 16.4 Å². The van der Waals surface area contributed by atoms with Crippen molar-refractivity contribution in [3.05, 3.63) is 59.7 Å². The van der Waals surface area contributed by atoms with Gasteiger partial charge in [-0.15, -0.1) is 0 Å². The molecular weight excluding hydrogens is 286 g/mol. The highest BCUT2D eigenvalue weighted by atomic mass is 16.1. The first-order chi connectivity index (χ1) is 11.1. The third-order valence-corrected chi connectivity index (χ3v) is 3.76. The van der Waals surface area contributed by atoms with E-state index in [1.807, 2.05) is 19.1 Å². The van der Waals surface area contributed by atoms with Crippen molar-refractivity contribution in [1.29, 1.82) is 0 Å². The number of anilines is 2. The van der Waals surface area contributed by atoms with Crippen LogP contribution in [0.2, 0.25) is 0 Å². The van der Waals surface area contributed by atoms with Gasteiger partial charge in [-0.25, -0.2) is 0 Å². The van der Waals surface area contributed by atoms with Crippen LogP contribution in [0.5, 0.6) is 0 Å². The fraction of sp³-hybridized carbons (Fsp3) is 0.316. The van der Waals surface area contributed by atoms with Gasteiger partial charge >= 0.3 is 0 Å². The van der Waals surface area contributed by atoms with Gasteiger partial charge in [0.05, 0.1) is 11.4 Å². The molecule has 2 aromatic carbocycles. The number of carbonyl (C=O) groups excluding carboxylic acids is 1. The predicted octanol–water partition coefficient (Wildman–Crippen LogP) is 3.45. The molecule has 0 aliphatic heterocycles. The van der Waals surface area contributed by atoms with E-state index in [-0.39, 0.29) is 5.91 Å². The first-order valence-electron chi connectivity index (χ1n) is 8.08. The second kappa shape index (κ2) is 8.22. The van der Waals surface area contributed by atoms with Crippen molar-refractivity contribution in [2.24, 2.45) is 0 Å². The van der Waals surface area contributed by atoms with Gasteiger partial charge in [0.1, 0.15) is 0 Å². The standard InChI is InChI=1S/C19H25N3O/c1-3-21-19(23)16-11-12-18(17(20)13-16)22-14(2)9-10-15-7-5-4-6-8-15/h4-8,11-14,22H,3,9-10,20H2,1-2H3,(H,21,23)/t14-/m0/s1. The van der Waals surface area contributed by atoms with Crippen LogP contribution in [0.3, 0.4) is 0 Å². The molecule has 0 bridgehead atoms. The van der Waals surface area contributed by atoms with Crippen LogP contribution in [-0.2, 0) is 6.42 Å². The quantitative estimate of drug-likeness (QED) is 0.686. The Morgan fingerprint density at radius 1 is 1.17 bits per heavy atom. The number of nitrogens with one attached hydrogen (secondary N) is 2. The number of hydrogen-bond donors (Lipinski definition) is 3. The van der Waals surface area contributed by atoms with E-state index in [4.69, 9.17) is 5.73 Å². The van der Waals surface area contributed by atoms with E-state index in [2.05, 4.69) is 41.8 Å². The van der Waals surface area contributed by atoms with Crippen molar-refractivity contribution < 1.29 is 4.79 Å². The fourth-order valence-corrected chi connectivity index (χ4v) is 2.46. The maximum absolute atomic E-state index is 11.8. The lowest BCUT2D eigenvalue weighted by Crippen LogP contribution is -2.23. The molecule has 1 atom stereocenters.